The van der Waals surface area contributed by atoms with Crippen LogP contribution >= 0.6 is 0 Å². The number of hydrogen-bond donors (Lipinski definition) is 2. The molecule has 0 fully saturated rings. The van der Waals surface area contributed by atoms with Gasteiger partial charge in [0, 0.05) is 19.1 Å². The van der Waals surface area contributed by atoms with Crippen LogP contribution in [0, 0.1) is 0 Å². The zero-order chi connectivity index (χ0) is 12.4. The van der Waals surface area contributed by atoms with Gasteiger partial charge in [0.2, 0.25) is 10.0 Å². The van der Waals surface area contributed by atoms with Gasteiger partial charge in [-0.3, -0.25) is 0 Å². The summed E-state index contributed by atoms with van der Waals surface area (Å²) >= 11 is 0. The molecule has 1 unspecified atom stereocenters. The largest absolute Gasteiger partial charge is 0.313 e. The highest BCUT2D eigenvalue weighted by Crippen LogP contribution is 2.01. The fraction of sp³-hybridized carbons (Fsp3) is 0.818. The topological polar surface area (TPSA) is 58.2 Å². The number of sulfonamides is 1. The molecule has 0 aromatic heterocycles. The molecule has 0 saturated heterocycles. The highest BCUT2D eigenvalue weighted by molar-refractivity contribution is 7.89. The summed E-state index contributed by atoms with van der Waals surface area (Å²) in [6.07, 6.45) is 5.01. The van der Waals surface area contributed by atoms with Gasteiger partial charge in [0.25, 0.3) is 0 Å². The lowest BCUT2D eigenvalue weighted by Gasteiger charge is -2.16. The molecule has 96 valence electrons. The van der Waals surface area contributed by atoms with Gasteiger partial charge in [-0.05, 0) is 26.2 Å². The molecule has 5 heteroatoms. The average Bonchev–Trinajstić information content (AvgIpc) is 2.28. The lowest BCUT2D eigenvalue weighted by molar-refractivity contribution is 0.472. The quantitative estimate of drug-likeness (QED) is 0.452. The van der Waals surface area contributed by atoms with Crippen molar-refractivity contribution >= 4 is 10.0 Å². The van der Waals surface area contributed by atoms with E-state index in [1.165, 1.54) is 0 Å². The second-order valence-electron chi connectivity index (χ2n) is 3.72. The highest BCUT2D eigenvalue weighted by atomic mass is 32.2. The van der Waals surface area contributed by atoms with Crippen LogP contribution in [-0.2, 0) is 10.0 Å². The van der Waals surface area contributed by atoms with E-state index in [1.807, 2.05) is 6.08 Å². The van der Waals surface area contributed by atoms with Crippen molar-refractivity contribution in [1.82, 2.24) is 10.0 Å². The minimum absolute atomic E-state index is 0.140. The number of nitrogens with one attached hydrogen (secondary N) is 2. The third-order valence-electron chi connectivity index (χ3n) is 2.47. The van der Waals surface area contributed by atoms with Gasteiger partial charge in [0.15, 0.2) is 0 Å². The molecule has 1 atom stereocenters. The van der Waals surface area contributed by atoms with Gasteiger partial charge in [-0.15, -0.1) is 6.58 Å². The SMILES string of the molecule is C=CCCC(CC)NCCNS(=O)(=O)CC. The first-order valence-corrected chi connectivity index (χ1v) is 7.52. The Labute approximate surface area is 99.6 Å². The summed E-state index contributed by atoms with van der Waals surface area (Å²) in [5.74, 6) is 0.140. The first-order chi connectivity index (χ1) is 7.55. The Hall–Kier alpha value is -0.390. The summed E-state index contributed by atoms with van der Waals surface area (Å²) < 4.78 is 24.8. The fourth-order valence-corrected chi connectivity index (χ4v) is 1.97. The molecular weight excluding hydrogens is 224 g/mol. The first kappa shape index (κ1) is 15.6. The number of rotatable bonds is 10. The monoisotopic (exact) mass is 248 g/mol. The van der Waals surface area contributed by atoms with Crippen LogP contribution < -0.4 is 10.0 Å². The summed E-state index contributed by atoms with van der Waals surface area (Å²) in [5, 5.41) is 3.33. The van der Waals surface area contributed by atoms with E-state index in [9.17, 15) is 8.42 Å². The molecule has 2 N–H and O–H groups in total. The predicted molar refractivity (Wildman–Crippen MR) is 69.0 cm³/mol. The van der Waals surface area contributed by atoms with Crippen LogP contribution in [0.2, 0.25) is 0 Å². The second-order valence-corrected chi connectivity index (χ2v) is 5.82. The van der Waals surface area contributed by atoms with E-state index >= 15 is 0 Å². The Morgan fingerprint density at radius 3 is 2.50 bits per heavy atom. The van der Waals surface area contributed by atoms with Crippen LogP contribution in [0.4, 0.5) is 0 Å². The predicted octanol–water partition coefficient (Wildman–Crippen LogP) is 1.26. The van der Waals surface area contributed by atoms with Crippen LogP contribution in [0.15, 0.2) is 12.7 Å². The van der Waals surface area contributed by atoms with E-state index < -0.39 is 10.0 Å². The molecule has 16 heavy (non-hydrogen) atoms. The molecule has 0 heterocycles. The van der Waals surface area contributed by atoms with E-state index in [1.54, 1.807) is 6.92 Å². The maximum absolute atomic E-state index is 11.1. The Balaban J connectivity index is 3.66. The Kier molecular flexibility index (Phi) is 8.51. The summed E-state index contributed by atoms with van der Waals surface area (Å²) in [6.45, 7) is 8.58. The standard InChI is InChI=1S/C11H24N2O2S/c1-4-7-8-11(5-2)12-9-10-13-16(14,15)6-3/h4,11-13H,1,5-10H2,2-3H3. The molecular formula is C11H24N2O2S. The van der Waals surface area contributed by atoms with Crippen LogP contribution in [0.3, 0.4) is 0 Å². The van der Waals surface area contributed by atoms with Gasteiger partial charge in [0.1, 0.15) is 0 Å². The third-order valence-corrected chi connectivity index (χ3v) is 3.88. The molecule has 0 aliphatic heterocycles. The van der Waals surface area contributed by atoms with E-state index in [-0.39, 0.29) is 5.75 Å². The van der Waals surface area contributed by atoms with Crippen molar-refractivity contribution in [2.45, 2.75) is 39.2 Å². The number of hydrogen-bond acceptors (Lipinski definition) is 3. The van der Waals surface area contributed by atoms with Gasteiger partial charge in [-0.25, -0.2) is 13.1 Å². The van der Waals surface area contributed by atoms with E-state index in [4.69, 9.17) is 0 Å². The minimum Gasteiger partial charge on any atom is -0.313 e. The Morgan fingerprint density at radius 1 is 1.31 bits per heavy atom. The van der Waals surface area contributed by atoms with Crippen molar-refractivity contribution < 1.29 is 8.42 Å². The summed E-state index contributed by atoms with van der Waals surface area (Å²) in [4.78, 5) is 0. The molecule has 0 saturated carbocycles. The van der Waals surface area contributed by atoms with Crippen LogP contribution in [-0.4, -0.2) is 33.3 Å². The van der Waals surface area contributed by atoms with E-state index in [2.05, 4.69) is 23.5 Å². The maximum Gasteiger partial charge on any atom is 0.211 e. The van der Waals surface area contributed by atoms with Crippen LogP contribution in [0.1, 0.15) is 33.1 Å². The smallest absolute Gasteiger partial charge is 0.211 e. The minimum atomic E-state index is -3.05. The molecule has 4 nitrogen and oxygen atoms in total. The average molecular weight is 248 g/mol. The van der Waals surface area contributed by atoms with E-state index in [0.717, 1.165) is 19.3 Å². The molecule has 0 rings (SSSR count). The summed E-state index contributed by atoms with van der Waals surface area (Å²) in [6, 6.07) is 0.448. The van der Waals surface area contributed by atoms with E-state index in [0.29, 0.717) is 19.1 Å². The van der Waals surface area contributed by atoms with Gasteiger partial charge >= 0.3 is 0 Å². The normalized spacial score (nSPS) is 13.6. The maximum atomic E-state index is 11.1. The molecule has 0 aromatic rings. The fourth-order valence-electron chi connectivity index (χ4n) is 1.35. The third kappa shape index (κ3) is 7.84. The van der Waals surface area contributed by atoms with Crippen molar-refractivity contribution in [3.8, 4) is 0 Å². The first-order valence-electron chi connectivity index (χ1n) is 5.87. The summed E-state index contributed by atoms with van der Waals surface area (Å²) in [5.41, 5.74) is 0. The van der Waals surface area contributed by atoms with Crippen molar-refractivity contribution in [1.29, 1.82) is 0 Å². The van der Waals surface area contributed by atoms with Gasteiger partial charge in [-0.2, -0.15) is 0 Å². The molecule has 0 spiro atoms. The second kappa shape index (κ2) is 8.73. The zero-order valence-corrected chi connectivity index (χ0v) is 11.1. The summed E-state index contributed by atoms with van der Waals surface area (Å²) in [7, 11) is -3.05. The molecule has 0 aliphatic rings. The van der Waals surface area contributed by atoms with Crippen LogP contribution in [0.25, 0.3) is 0 Å². The molecule has 0 bridgehead atoms. The van der Waals surface area contributed by atoms with Crippen molar-refractivity contribution in [3.05, 3.63) is 12.7 Å². The Morgan fingerprint density at radius 2 is 2.00 bits per heavy atom. The molecule has 0 amide bonds. The van der Waals surface area contributed by atoms with Gasteiger partial charge in [-0.1, -0.05) is 13.0 Å². The molecule has 0 aliphatic carbocycles. The van der Waals surface area contributed by atoms with Gasteiger partial charge in [0.05, 0.1) is 5.75 Å². The molecule has 0 aromatic carbocycles. The lowest BCUT2D eigenvalue weighted by Crippen LogP contribution is -2.37. The Bertz CT molecular complexity index is 276. The lowest BCUT2D eigenvalue weighted by atomic mass is 10.1. The molecule has 0 radical (unpaired) electrons. The van der Waals surface area contributed by atoms with Crippen molar-refractivity contribution in [3.63, 3.8) is 0 Å². The van der Waals surface area contributed by atoms with Crippen molar-refractivity contribution in [2.24, 2.45) is 0 Å². The number of allylic oxidation sites excluding steroid dienone is 1. The van der Waals surface area contributed by atoms with Gasteiger partial charge < -0.3 is 5.32 Å². The zero-order valence-electron chi connectivity index (χ0n) is 10.3. The van der Waals surface area contributed by atoms with Crippen LogP contribution in [0.5, 0.6) is 0 Å². The van der Waals surface area contributed by atoms with Crippen molar-refractivity contribution in [2.75, 3.05) is 18.8 Å². The highest BCUT2D eigenvalue weighted by Gasteiger charge is 2.06.